The molecule has 0 bridgehead atoms. The minimum absolute atomic E-state index is 0.0355. The standard InChI is InChI=1S/C16H14BrNO3/c17-12-4-1-10(2-5-12)7-14(19)11-3-6-15-13(8-11)18-16(20)9-21-15/h1-6,8,14,19H,7,9H2,(H,18,20). The van der Waals surface area contributed by atoms with Crippen molar-refractivity contribution in [2.75, 3.05) is 11.9 Å². The van der Waals surface area contributed by atoms with E-state index in [2.05, 4.69) is 21.2 Å². The summed E-state index contributed by atoms with van der Waals surface area (Å²) in [7, 11) is 0. The Morgan fingerprint density at radius 1 is 1.24 bits per heavy atom. The zero-order valence-corrected chi connectivity index (χ0v) is 12.8. The Balaban J connectivity index is 1.78. The van der Waals surface area contributed by atoms with Crippen LogP contribution in [0.5, 0.6) is 5.75 Å². The summed E-state index contributed by atoms with van der Waals surface area (Å²) in [5, 5.41) is 13.1. The highest BCUT2D eigenvalue weighted by atomic mass is 79.9. The summed E-state index contributed by atoms with van der Waals surface area (Å²) in [5.41, 5.74) is 2.41. The molecule has 0 fully saturated rings. The van der Waals surface area contributed by atoms with Crippen molar-refractivity contribution < 1.29 is 14.6 Å². The normalized spacial score (nSPS) is 14.9. The van der Waals surface area contributed by atoms with Crippen molar-refractivity contribution in [3.05, 3.63) is 58.1 Å². The topological polar surface area (TPSA) is 58.6 Å². The molecule has 2 N–H and O–H groups in total. The number of fused-ring (bicyclic) bond motifs is 1. The Morgan fingerprint density at radius 2 is 2.00 bits per heavy atom. The molecule has 21 heavy (non-hydrogen) atoms. The van der Waals surface area contributed by atoms with Gasteiger partial charge in [0.25, 0.3) is 5.91 Å². The number of hydrogen-bond acceptors (Lipinski definition) is 3. The predicted octanol–water partition coefficient (Wildman–Crippen LogP) is 3.06. The summed E-state index contributed by atoms with van der Waals surface area (Å²) < 4.78 is 6.31. The number of ether oxygens (including phenoxy) is 1. The van der Waals surface area contributed by atoms with Crippen LogP contribution < -0.4 is 10.1 Å². The van der Waals surface area contributed by atoms with Crippen LogP contribution in [0.15, 0.2) is 46.9 Å². The summed E-state index contributed by atoms with van der Waals surface area (Å²) in [6.07, 6.45) is -0.115. The van der Waals surface area contributed by atoms with Gasteiger partial charge in [0.2, 0.25) is 0 Å². The molecule has 1 unspecified atom stereocenters. The fraction of sp³-hybridized carbons (Fsp3) is 0.188. The summed E-state index contributed by atoms with van der Waals surface area (Å²) >= 11 is 3.39. The Labute approximate surface area is 130 Å². The third kappa shape index (κ3) is 3.25. The molecule has 0 saturated carbocycles. The van der Waals surface area contributed by atoms with E-state index in [1.54, 1.807) is 12.1 Å². The lowest BCUT2D eigenvalue weighted by molar-refractivity contribution is -0.118. The maximum Gasteiger partial charge on any atom is 0.262 e. The number of nitrogens with one attached hydrogen (secondary N) is 1. The lowest BCUT2D eigenvalue weighted by atomic mass is 10.0. The number of carbonyl (C=O) groups excluding carboxylic acids is 1. The minimum Gasteiger partial charge on any atom is -0.482 e. The molecule has 1 heterocycles. The molecule has 2 aromatic carbocycles. The third-order valence-electron chi connectivity index (χ3n) is 3.36. The van der Waals surface area contributed by atoms with Crippen LogP contribution in [-0.2, 0) is 11.2 Å². The van der Waals surface area contributed by atoms with Crippen LogP contribution in [0.1, 0.15) is 17.2 Å². The number of hydrogen-bond donors (Lipinski definition) is 2. The van der Waals surface area contributed by atoms with Gasteiger partial charge in [0.1, 0.15) is 5.75 Å². The van der Waals surface area contributed by atoms with Crippen LogP contribution in [0.25, 0.3) is 0 Å². The molecule has 1 amide bonds. The van der Waals surface area contributed by atoms with Gasteiger partial charge in [0.05, 0.1) is 11.8 Å². The molecule has 5 heteroatoms. The number of anilines is 1. The zero-order valence-electron chi connectivity index (χ0n) is 11.2. The van der Waals surface area contributed by atoms with Crippen molar-refractivity contribution in [2.45, 2.75) is 12.5 Å². The van der Waals surface area contributed by atoms with Gasteiger partial charge in [-0.05, 0) is 35.4 Å². The second kappa shape index (κ2) is 5.87. The quantitative estimate of drug-likeness (QED) is 0.896. The van der Waals surface area contributed by atoms with E-state index in [4.69, 9.17) is 4.74 Å². The van der Waals surface area contributed by atoms with Crippen molar-refractivity contribution in [1.29, 1.82) is 0 Å². The van der Waals surface area contributed by atoms with Gasteiger partial charge in [0.15, 0.2) is 6.61 Å². The van der Waals surface area contributed by atoms with E-state index < -0.39 is 6.10 Å². The van der Waals surface area contributed by atoms with Gasteiger partial charge >= 0.3 is 0 Å². The minimum atomic E-state index is -0.629. The van der Waals surface area contributed by atoms with Gasteiger partial charge in [-0.25, -0.2) is 0 Å². The lowest BCUT2D eigenvalue weighted by Gasteiger charge is -2.20. The van der Waals surface area contributed by atoms with Crippen LogP contribution in [0.2, 0.25) is 0 Å². The molecule has 1 aliphatic rings. The number of carbonyl (C=O) groups is 1. The fourth-order valence-electron chi connectivity index (χ4n) is 2.27. The van der Waals surface area contributed by atoms with Crippen molar-refractivity contribution in [3.8, 4) is 5.75 Å². The molecule has 1 atom stereocenters. The number of benzene rings is 2. The lowest BCUT2D eigenvalue weighted by Crippen LogP contribution is -2.25. The Kier molecular flexibility index (Phi) is 3.94. The number of halogens is 1. The first-order valence-electron chi connectivity index (χ1n) is 6.61. The smallest absolute Gasteiger partial charge is 0.262 e. The first-order chi connectivity index (χ1) is 10.1. The molecule has 0 saturated heterocycles. The summed E-state index contributed by atoms with van der Waals surface area (Å²) in [4.78, 5) is 11.3. The molecular weight excluding hydrogens is 334 g/mol. The molecule has 4 nitrogen and oxygen atoms in total. The van der Waals surface area contributed by atoms with Gasteiger partial charge < -0.3 is 15.2 Å². The molecule has 0 aromatic heterocycles. The van der Waals surface area contributed by atoms with Gasteiger partial charge in [0, 0.05) is 10.9 Å². The van der Waals surface area contributed by atoms with E-state index in [0.717, 1.165) is 15.6 Å². The first-order valence-corrected chi connectivity index (χ1v) is 7.40. The highest BCUT2D eigenvalue weighted by Crippen LogP contribution is 2.31. The number of amides is 1. The Morgan fingerprint density at radius 3 is 2.76 bits per heavy atom. The maximum atomic E-state index is 11.3. The van der Waals surface area contributed by atoms with Crippen molar-refractivity contribution in [1.82, 2.24) is 0 Å². The van der Waals surface area contributed by atoms with E-state index in [9.17, 15) is 9.90 Å². The summed E-state index contributed by atoms with van der Waals surface area (Å²) in [5.74, 6) is 0.455. The number of aliphatic hydroxyl groups is 1. The largest absolute Gasteiger partial charge is 0.482 e. The van der Waals surface area contributed by atoms with Gasteiger partial charge in [-0.15, -0.1) is 0 Å². The first kappa shape index (κ1) is 14.1. The molecule has 0 radical (unpaired) electrons. The highest BCUT2D eigenvalue weighted by molar-refractivity contribution is 9.10. The van der Waals surface area contributed by atoms with Crippen LogP contribution in [0.4, 0.5) is 5.69 Å². The molecule has 0 spiro atoms. The fourth-order valence-corrected chi connectivity index (χ4v) is 2.53. The molecule has 0 aliphatic carbocycles. The maximum absolute atomic E-state index is 11.3. The van der Waals surface area contributed by atoms with E-state index in [1.165, 1.54) is 0 Å². The van der Waals surface area contributed by atoms with Gasteiger partial charge in [-0.1, -0.05) is 34.1 Å². The predicted molar refractivity (Wildman–Crippen MR) is 83.4 cm³/mol. The average molecular weight is 348 g/mol. The zero-order chi connectivity index (χ0) is 14.8. The van der Waals surface area contributed by atoms with Crippen LogP contribution in [0, 0.1) is 0 Å². The average Bonchev–Trinajstić information content (AvgIpc) is 2.48. The van der Waals surface area contributed by atoms with E-state index in [-0.39, 0.29) is 12.5 Å². The van der Waals surface area contributed by atoms with Crippen molar-refractivity contribution >= 4 is 27.5 Å². The van der Waals surface area contributed by atoms with Crippen molar-refractivity contribution in [3.63, 3.8) is 0 Å². The summed E-state index contributed by atoms with van der Waals surface area (Å²) in [6.45, 7) is 0.0355. The second-order valence-corrected chi connectivity index (χ2v) is 5.85. The van der Waals surface area contributed by atoms with E-state index in [0.29, 0.717) is 17.9 Å². The highest BCUT2D eigenvalue weighted by Gasteiger charge is 2.18. The van der Waals surface area contributed by atoms with E-state index in [1.807, 2.05) is 30.3 Å². The molecule has 2 aromatic rings. The molecular formula is C16H14BrNO3. The van der Waals surface area contributed by atoms with E-state index >= 15 is 0 Å². The van der Waals surface area contributed by atoms with Crippen LogP contribution in [-0.4, -0.2) is 17.6 Å². The molecule has 3 rings (SSSR count). The monoisotopic (exact) mass is 347 g/mol. The van der Waals surface area contributed by atoms with Crippen LogP contribution in [0.3, 0.4) is 0 Å². The van der Waals surface area contributed by atoms with Gasteiger partial charge in [-0.2, -0.15) is 0 Å². The SMILES string of the molecule is O=C1COc2ccc(C(O)Cc3ccc(Br)cc3)cc2N1. The number of rotatable bonds is 3. The summed E-state index contributed by atoms with van der Waals surface area (Å²) in [6, 6.07) is 13.2. The molecule has 108 valence electrons. The second-order valence-electron chi connectivity index (χ2n) is 4.94. The van der Waals surface area contributed by atoms with Crippen LogP contribution >= 0.6 is 15.9 Å². The number of aliphatic hydroxyl groups excluding tert-OH is 1. The van der Waals surface area contributed by atoms with Gasteiger partial charge in [-0.3, -0.25) is 4.79 Å². The molecule has 1 aliphatic heterocycles. The van der Waals surface area contributed by atoms with Crippen molar-refractivity contribution in [2.24, 2.45) is 0 Å². The third-order valence-corrected chi connectivity index (χ3v) is 3.89. The Hall–Kier alpha value is -1.85. The Bertz CT molecular complexity index is 670.